The SMILES string of the molecule is Nc1ccc(Cl)cc1SCc1cc(Br)cc2c1OCC2. The van der Waals surface area contributed by atoms with Crippen LogP contribution < -0.4 is 10.5 Å². The van der Waals surface area contributed by atoms with Gasteiger partial charge in [-0.1, -0.05) is 27.5 Å². The number of ether oxygens (including phenoxy) is 1. The van der Waals surface area contributed by atoms with E-state index < -0.39 is 0 Å². The minimum atomic E-state index is 0.706. The third-order valence-electron chi connectivity index (χ3n) is 3.18. The molecular formula is C15H13BrClNOS. The molecule has 0 spiro atoms. The molecule has 0 saturated carbocycles. The second-order valence-electron chi connectivity index (χ2n) is 4.62. The van der Waals surface area contributed by atoms with Gasteiger partial charge in [0.15, 0.2) is 0 Å². The number of rotatable bonds is 3. The Morgan fingerprint density at radius 2 is 2.15 bits per heavy atom. The Morgan fingerprint density at radius 1 is 1.30 bits per heavy atom. The minimum absolute atomic E-state index is 0.706. The molecular weight excluding hydrogens is 358 g/mol. The highest BCUT2D eigenvalue weighted by Crippen LogP contribution is 2.38. The van der Waals surface area contributed by atoms with Crippen molar-refractivity contribution < 1.29 is 4.74 Å². The van der Waals surface area contributed by atoms with Gasteiger partial charge in [-0.15, -0.1) is 11.8 Å². The highest BCUT2D eigenvalue weighted by molar-refractivity contribution is 9.10. The first-order valence-corrected chi connectivity index (χ1v) is 8.41. The van der Waals surface area contributed by atoms with E-state index in [1.54, 1.807) is 17.8 Å². The summed E-state index contributed by atoms with van der Waals surface area (Å²) in [5.74, 6) is 1.84. The zero-order valence-corrected chi connectivity index (χ0v) is 13.8. The molecule has 0 bridgehead atoms. The largest absolute Gasteiger partial charge is 0.493 e. The molecule has 2 aromatic rings. The van der Waals surface area contributed by atoms with Crippen LogP contribution in [0.1, 0.15) is 11.1 Å². The highest BCUT2D eigenvalue weighted by atomic mass is 79.9. The molecule has 1 aliphatic rings. The Kier molecular flexibility index (Phi) is 4.15. The molecule has 0 atom stereocenters. The van der Waals surface area contributed by atoms with Crippen molar-refractivity contribution >= 4 is 45.0 Å². The van der Waals surface area contributed by atoms with E-state index in [9.17, 15) is 0 Å². The number of fused-ring (bicyclic) bond motifs is 1. The summed E-state index contributed by atoms with van der Waals surface area (Å²) in [7, 11) is 0. The van der Waals surface area contributed by atoms with Crippen molar-refractivity contribution in [2.45, 2.75) is 17.1 Å². The smallest absolute Gasteiger partial charge is 0.126 e. The van der Waals surface area contributed by atoms with Crippen molar-refractivity contribution in [1.82, 2.24) is 0 Å². The van der Waals surface area contributed by atoms with Gasteiger partial charge in [-0.3, -0.25) is 0 Å². The van der Waals surface area contributed by atoms with Crippen LogP contribution in [0.2, 0.25) is 5.02 Å². The van der Waals surface area contributed by atoms with Crippen molar-refractivity contribution in [3.8, 4) is 5.75 Å². The number of nitrogen functional groups attached to an aromatic ring is 1. The first-order chi connectivity index (χ1) is 9.63. The average Bonchev–Trinajstić information content (AvgIpc) is 2.87. The Morgan fingerprint density at radius 3 is 3.00 bits per heavy atom. The second-order valence-corrected chi connectivity index (χ2v) is 6.99. The Labute approximate surface area is 135 Å². The summed E-state index contributed by atoms with van der Waals surface area (Å²) < 4.78 is 6.83. The molecule has 20 heavy (non-hydrogen) atoms. The molecule has 0 saturated heterocycles. The van der Waals surface area contributed by atoms with E-state index in [4.69, 9.17) is 22.1 Å². The maximum absolute atomic E-state index is 6.02. The lowest BCUT2D eigenvalue weighted by atomic mass is 10.1. The lowest BCUT2D eigenvalue weighted by Crippen LogP contribution is -1.92. The van der Waals surface area contributed by atoms with E-state index in [1.165, 1.54) is 11.1 Å². The molecule has 0 aromatic heterocycles. The Balaban J connectivity index is 1.84. The standard InChI is InChI=1S/C15H13BrClNOS/c16-11-5-9-3-4-19-15(9)10(6-11)8-20-14-7-12(17)1-2-13(14)18/h1-2,5-7H,3-4,8,18H2. The van der Waals surface area contributed by atoms with Gasteiger partial charge < -0.3 is 10.5 Å². The summed E-state index contributed by atoms with van der Waals surface area (Å²) in [6.45, 7) is 0.767. The molecule has 0 unspecified atom stereocenters. The average molecular weight is 371 g/mol. The number of nitrogens with two attached hydrogens (primary N) is 1. The van der Waals surface area contributed by atoms with Crippen molar-refractivity contribution in [2.24, 2.45) is 0 Å². The normalized spacial score (nSPS) is 13.1. The number of thioether (sulfide) groups is 1. The first-order valence-electron chi connectivity index (χ1n) is 6.25. The van der Waals surface area contributed by atoms with E-state index in [0.717, 1.165) is 39.6 Å². The number of hydrogen-bond acceptors (Lipinski definition) is 3. The van der Waals surface area contributed by atoms with Crippen LogP contribution in [-0.2, 0) is 12.2 Å². The van der Waals surface area contributed by atoms with Crippen LogP contribution in [0.15, 0.2) is 39.7 Å². The molecule has 2 aromatic carbocycles. The summed E-state index contributed by atoms with van der Waals surface area (Å²) in [4.78, 5) is 1.00. The predicted molar refractivity (Wildman–Crippen MR) is 88.8 cm³/mol. The van der Waals surface area contributed by atoms with Crippen LogP contribution in [0.4, 0.5) is 5.69 Å². The number of hydrogen-bond donors (Lipinski definition) is 1. The van der Waals surface area contributed by atoms with Crippen LogP contribution in [0.25, 0.3) is 0 Å². The minimum Gasteiger partial charge on any atom is -0.493 e. The van der Waals surface area contributed by atoms with Gasteiger partial charge in [-0.25, -0.2) is 0 Å². The van der Waals surface area contributed by atoms with Crippen molar-refractivity contribution in [3.05, 3.63) is 51.0 Å². The van der Waals surface area contributed by atoms with Crippen LogP contribution >= 0.6 is 39.3 Å². The Hall–Kier alpha value is -0.840. The molecule has 1 heterocycles. The van der Waals surface area contributed by atoms with Crippen LogP contribution in [-0.4, -0.2) is 6.61 Å². The topological polar surface area (TPSA) is 35.2 Å². The monoisotopic (exact) mass is 369 g/mol. The van der Waals surface area contributed by atoms with E-state index in [-0.39, 0.29) is 0 Å². The fraction of sp³-hybridized carbons (Fsp3) is 0.200. The molecule has 2 nitrogen and oxygen atoms in total. The molecule has 104 valence electrons. The number of benzene rings is 2. The van der Waals surface area contributed by atoms with Crippen LogP contribution in [0.3, 0.4) is 0 Å². The first kappa shape index (κ1) is 14.1. The second kappa shape index (κ2) is 5.88. The summed E-state index contributed by atoms with van der Waals surface area (Å²) in [6, 6.07) is 9.79. The third-order valence-corrected chi connectivity index (χ3v) is 5.00. The summed E-state index contributed by atoms with van der Waals surface area (Å²) in [5, 5.41) is 0.706. The maximum Gasteiger partial charge on any atom is 0.126 e. The maximum atomic E-state index is 6.02. The van der Waals surface area contributed by atoms with Gasteiger partial charge in [0.05, 0.1) is 6.61 Å². The van der Waals surface area contributed by atoms with Crippen LogP contribution in [0, 0.1) is 0 Å². The zero-order valence-electron chi connectivity index (χ0n) is 10.7. The fourth-order valence-electron chi connectivity index (χ4n) is 2.24. The quantitative estimate of drug-likeness (QED) is 0.616. The predicted octanol–water partition coefficient (Wildman–Crippen LogP) is 4.91. The van der Waals surface area contributed by atoms with Crippen molar-refractivity contribution in [1.29, 1.82) is 0 Å². The molecule has 0 fully saturated rings. The van der Waals surface area contributed by atoms with Crippen molar-refractivity contribution in [2.75, 3.05) is 12.3 Å². The summed E-state index contributed by atoms with van der Waals surface area (Å²) >= 11 is 11.3. The Bertz CT molecular complexity index is 663. The van der Waals surface area contributed by atoms with Gasteiger partial charge >= 0.3 is 0 Å². The number of anilines is 1. The van der Waals surface area contributed by atoms with Crippen LogP contribution in [0.5, 0.6) is 5.75 Å². The van der Waals surface area contributed by atoms with Gasteiger partial charge in [0.2, 0.25) is 0 Å². The summed E-state index contributed by atoms with van der Waals surface area (Å²) in [6.07, 6.45) is 0.978. The van der Waals surface area contributed by atoms with Gasteiger partial charge in [0, 0.05) is 37.8 Å². The van der Waals surface area contributed by atoms with Crippen molar-refractivity contribution in [3.63, 3.8) is 0 Å². The molecule has 1 aliphatic heterocycles. The summed E-state index contributed by atoms with van der Waals surface area (Å²) in [5.41, 5.74) is 9.20. The fourth-order valence-corrected chi connectivity index (χ4v) is 4.00. The van der Waals surface area contributed by atoms with Gasteiger partial charge in [-0.05, 0) is 35.9 Å². The highest BCUT2D eigenvalue weighted by Gasteiger charge is 2.17. The van der Waals surface area contributed by atoms with E-state index in [2.05, 4.69) is 28.1 Å². The van der Waals surface area contributed by atoms with Gasteiger partial charge in [0.1, 0.15) is 5.75 Å². The van der Waals surface area contributed by atoms with E-state index in [0.29, 0.717) is 5.02 Å². The molecule has 0 amide bonds. The molecule has 3 rings (SSSR count). The molecule has 5 heteroatoms. The van der Waals surface area contributed by atoms with Gasteiger partial charge in [0.25, 0.3) is 0 Å². The lowest BCUT2D eigenvalue weighted by Gasteiger charge is -2.10. The molecule has 2 N–H and O–H groups in total. The number of halogens is 2. The lowest BCUT2D eigenvalue weighted by molar-refractivity contribution is 0.354. The van der Waals surface area contributed by atoms with Gasteiger partial charge in [-0.2, -0.15) is 0 Å². The van der Waals surface area contributed by atoms with E-state index in [1.807, 2.05) is 12.1 Å². The van der Waals surface area contributed by atoms with E-state index >= 15 is 0 Å². The zero-order chi connectivity index (χ0) is 14.1. The third kappa shape index (κ3) is 2.92. The molecule has 0 radical (unpaired) electrons. The molecule has 0 aliphatic carbocycles.